The van der Waals surface area contributed by atoms with Crippen LogP contribution in [0.25, 0.3) is 0 Å². The Morgan fingerprint density at radius 1 is 1.38 bits per heavy atom. The lowest BCUT2D eigenvalue weighted by Gasteiger charge is -2.40. The van der Waals surface area contributed by atoms with Gasteiger partial charge in [0.1, 0.15) is 6.10 Å². The molecule has 0 saturated heterocycles. The first kappa shape index (κ1) is 13.4. The zero-order chi connectivity index (χ0) is 14.6. The van der Waals surface area contributed by atoms with Crippen molar-refractivity contribution in [3.8, 4) is 11.5 Å². The van der Waals surface area contributed by atoms with Gasteiger partial charge in [0.25, 0.3) is 0 Å². The third kappa shape index (κ3) is 1.82. The second-order valence-electron chi connectivity index (χ2n) is 6.81. The summed E-state index contributed by atoms with van der Waals surface area (Å²) in [4.78, 5) is 2.39. The lowest BCUT2D eigenvalue weighted by molar-refractivity contribution is 0.0120. The number of nitrogens with zero attached hydrogens (tertiary/aromatic N) is 1. The highest BCUT2D eigenvalue weighted by atomic mass is 16.5. The Morgan fingerprint density at radius 3 is 3.05 bits per heavy atom. The van der Waals surface area contributed by atoms with E-state index in [4.69, 9.17) is 9.47 Å². The number of aliphatic hydroxyl groups is 1. The third-order valence-corrected chi connectivity index (χ3v) is 5.59. The summed E-state index contributed by atoms with van der Waals surface area (Å²) in [5, 5.41) is 10.1. The molecule has 1 fully saturated rings. The Morgan fingerprint density at radius 2 is 2.24 bits per heavy atom. The molecule has 0 amide bonds. The zero-order valence-electron chi connectivity index (χ0n) is 12.8. The highest BCUT2D eigenvalue weighted by Crippen LogP contribution is 2.57. The molecule has 0 bridgehead atoms. The quantitative estimate of drug-likeness (QED) is 0.859. The number of aliphatic hydroxyl groups excluding tert-OH is 1. The molecule has 4 nitrogen and oxygen atoms in total. The molecule has 3 aliphatic rings. The molecule has 0 radical (unpaired) electrons. The Bertz CT molecular complexity index is 573. The van der Waals surface area contributed by atoms with Crippen molar-refractivity contribution in [3.05, 3.63) is 23.3 Å². The maximum atomic E-state index is 10.1. The average molecular weight is 289 g/mol. The molecule has 1 saturated carbocycles. The van der Waals surface area contributed by atoms with Gasteiger partial charge in [0.2, 0.25) is 0 Å². The van der Waals surface area contributed by atoms with Gasteiger partial charge < -0.3 is 19.5 Å². The normalized spacial score (nSPS) is 34.6. The average Bonchev–Trinajstić information content (AvgIpc) is 2.72. The van der Waals surface area contributed by atoms with E-state index in [-0.39, 0.29) is 17.6 Å². The number of benzene rings is 1. The van der Waals surface area contributed by atoms with Crippen LogP contribution in [0.15, 0.2) is 12.1 Å². The fourth-order valence-corrected chi connectivity index (χ4v) is 4.50. The Balaban J connectivity index is 1.90. The van der Waals surface area contributed by atoms with Crippen LogP contribution in [0, 0.1) is 0 Å². The molecular formula is C17H23NO3. The first-order valence-corrected chi connectivity index (χ1v) is 7.87. The molecule has 0 unspecified atom stereocenters. The van der Waals surface area contributed by atoms with E-state index in [0.29, 0.717) is 0 Å². The molecule has 1 aromatic carbocycles. The van der Waals surface area contributed by atoms with Crippen LogP contribution in [0.1, 0.15) is 36.8 Å². The summed E-state index contributed by atoms with van der Waals surface area (Å²) in [5.74, 6) is 1.77. The summed E-state index contributed by atoms with van der Waals surface area (Å²) in [6.07, 6.45) is 3.59. The smallest absolute Gasteiger partial charge is 0.165 e. The van der Waals surface area contributed by atoms with Gasteiger partial charge in [-0.2, -0.15) is 0 Å². The Labute approximate surface area is 125 Å². The summed E-state index contributed by atoms with van der Waals surface area (Å²) >= 11 is 0. The van der Waals surface area contributed by atoms with Gasteiger partial charge in [0.05, 0.1) is 13.2 Å². The van der Waals surface area contributed by atoms with Crippen molar-refractivity contribution in [1.29, 1.82) is 0 Å². The van der Waals surface area contributed by atoms with E-state index in [0.717, 1.165) is 50.3 Å². The third-order valence-electron chi connectivity index (χ3n) is 5.59. The Hall–Kier alpha value is -1.26. The minimum Gasteiger partial charge on any atom is -0.493 e. The Kier molecular flexibility index (Phi) is 2.95. The first-order chi connectivity index (χ1) is 10.1. The fourth-order valence-electron chi connectivity index (χ4n) is 4.50. The summed E-state index contributed by atoms with van der Waals surface area (Å²) in [6, 6.07) is 4.22. The molecule has 4 rings (SSSR count). The lowest BCUT2D eigenvalue weighted by Crippen LogP contribution is -2.45. The van der Waals surface area contributed by atoms with E-state index in [1.165, 1.54) is 11.1 Å². The molecule has 1 N–H and O–H groups in total. The largest absolute Gasteiger partial charge is 0.493 e. The van der Waals surface area contributed by atoms with E-state index < -0.39 is 0 Å². The fraction of sp³-hybridized carbons (Fsp3) is 0.647. The molecule has 2 aliphatic heterocycles. The number of hydrogen-bond acceptors (Lipinski definition) is 4. The monoisotopic (exact) mass is 289 g/mol. The summed E-state index contributed by atoms with van der Waals surface area (Å²) in [5.41, 5.74) is 2.80. The maximum absolute atomic E-state index is 10.1. The van der Waals surface area contributed by atoms with E-state index in [2.05, 4.69) is 18.0 Å². The number of rotatable bonds is 1. The molecule has 4 heteroatoms. The molecule has 1 spiro atoms. The molecule has 1 aromatic rings. The topological polar surface area (TPSA) is 41.9 Å². The maximum Gasteiger partial charge on any atom is 0.165 e. The van der Waals surface area contributed by atoms with E-state index in [9.17, 15) is 5.11 Å². The first-order valence-electron chi connectivity index (χ1n) is 7.87. The van der Waals surface area contributed by atoms with Crippen molar-refractivity contribution in [2.75, 3.05) is 20.7 Å². The van der Waals surface area contributed by atoms with Gasteiger partial charge >= 0.3 is 0 Å². The van der Waals surface area contributed by atoms with Crippen LogP contribution in [0.3, 0.4) is 0 Å². The van der Waals surface area contributed by atoms with Crippen molar-refractivity contribution < 1.29 is 14.6 Å². The molecule has 114 valence electrons. The summed E-state index contributed by atoms with van der Waals surface area (Å²) in [7, 11) is 3.88. The highest BCUT2D eigenvalue weighted by Gasteiger charge is 2.54. The van der Waals surface area contributed by atoms with E-state index in [1.807, 2.05) is 6.07 Å². The van der Waals surface area contributed by atoms with Gasteiger partial charge in [-0.1, -0.05) is 6.07 Å². The van der Waals surface area contributed by atoms with Gasteiger partial charge in [-0.25, -0.2) is 0 Å². The molecular weight excluding hydrogens is 266 g/mol. The minimum atomic E-state index is -0.231. The SMILES string of the molecule is COc1ccc2c3c1O[C@@H]1C[C@H](O)CC[C@@]31CCN(C)C2. The van der Waals surface area contributed by atoms with Crippen LogP contribution < -0.4 is 9.47 Å². The standard InChI is InChI=1S/C17H23NO3/c1-18-8-7-17-6-5-12(19)9-14(17)21-16-13(20-2)4-3-11(10-18)15(16)17/h3-4,12,14,19H,5-10H2,1-2H3/t12-,14-,17+/m1/s1. The van der Waals surface area contributed by atoms with Crippen molar-refractivity contribution in [2.45, 2.75) is 49.9 Å². The number of hydrogen-bond donors (Lipinski definition) is 1. The van der Waals surface area contributed by atoms with Gasteiger partial charge in [0, 0.05) is 23.9 Å². The second-order valence-corrected chi connectivity index (χ2v) is 6.81. The minimum absolute atomic E-state index is 0.0726. The van der Waals surface area contributed by atoms with Gasteiger partial charge in [0.15, 0.2) is 11.5 Å². The van der Waals surface area contributed by atoms with Crippen LogP contribution in [0.4, 0.5) is 0 Å². The zero-order valence-corrected chi connectivity index (χ0v) is 12.8. The molecule has 21 heavy (non-hydrogen) atoms. The second kappa shape index (κ2) is 4.62. The van der Waals surface area contributed by atoms with Crippen molar-refractivity contribution in [1.82, 2.24) is 4.90 Å². The predicted molar refractivity (Wildman–Crippen MR) is 79.9 cm³/mol. The van der Waals surface area contributed by atoms with Gasteiger partial charge in [-0.3, -0.25) is 0 Å². The lowest BCUT2D eigenvalue weighted by atomic mass is 9.65. The number of ether oxygens (including phenoxy) is 2. The van der Waals surface area contributed by atoms with Crippen molar-refractivity contribution in [2.24, 2.45) is 0 Å². The van der Waals surface area contributed by atoms with Crippen LogP contribution in [-0.2, 0) is 12.0 Å². The predicted octanol–water partition coefficient (Wildman–Crippen LogP) is 2.07. The van der Waals surface area contributed by atoms with Gasteiger partial charge in [-0.15, -0.1) is 0 Å². The summed E-state index contributed by atoms with van der Waals surface area (Å²) in [6.45, 7) is 2.04. The van der Waals surface area contributed by atoms with Crippen molar-refractivity contribution in [3.63, 3.8) is 0 Å². The van der Waals surface area contributed by atoms with Gasteiger partial charge in [-0.05, 0) is 44.5 Å². The highest BCUT2D eigenvalue weighted by molar-refractivity contribution is 5.58. The van der Waals surface area contributed by atoms with Crippen LogP contribution in [-0.4, -0.2) is 42.9 Å². The summed E-state index contributed by atoms with van der Waals surface area (Å²) < 4.78 is 11.8. The van der Waals surface area contributed by atoms with Crippen LogP contribution >= 0.6 is 0 Å². The molecule has 2 heterocycles. The van der Waals surface area contributed by atoms with E-state index >= 15 is 0 Å². The van der Waals surface area contributed by atoms with Crippen LogP contribution in [0.2, 0.25) is 0 Å². The van der Waals surface area contributed by atoms with Crippen molar-refractivity contribution >= 4 is 0 Å². The molecule has 0 aromatic heterocycles. The number of methoxy groups -OCH3 is 1. The van der Waals surface area contributed by atoms with Crippen LogP contribution in [0.5, 0.6) is 11.5 Å². The molecule has 3 atom stereocenters. The molecule has 1 aliphatic carbocycles. The van der Waals surface area contributed by atoms with E-state index in [1.54, 1.807) is 7.11 Å².